The molecule has 1 aromatic heterocycles. The van der Waals surface area contributed by atoms with Gasteiger partial charge >= 0.3 is 0 Å². The van der Waals surface area contributed by atoms with Crippen LogP contribution in [0.15, 0.2) is 76.8 Å². The molecule has 1 saturated heterocycles. The summed E-state index contributed by atoms with van der Waals surface area (Å²) in [7, 11) is -1.98. The number of benzene rings is 3. The number of nitrogens with zero attached hydrogens (tertiary/aromatic N) is 4. The van der Waals surface area contributed by atoms with E-state index in [0.29, 0.717) is 41.1 Å². The van der Waals surface area contributed by atoms with Gasteiger partial charge in [0.2, 0.25) is 15.9 Å². The van der Waals surface area contributed by atoms with Crippen molar-refractivity contribution in [3.8, 4) is 11.4 Å². The van der Waals surface area contributed by atoms with E-state index in [1.54, 1.807) is 31.4 Å². The molecule has 0 bridgehead atoms. The van der Waals surface area contributed by atoms with Crippen molar-refractivity contribution in [3.05, 3.63) is 89.2 Å². The standard InChI is InChI=1S/C31H34N6O5S2/c1-21-6-7-22(2)27(18-21)37-28(34-35-31(37)43-20-29(38)33-24-10-12-25(42-3)13-11-24)19-32-30(39)23-8-14-26(15-9-23)44(40,41)36-16-4-5-17-36/h6-15,18H,4-5,16-17,19-20H2,1-3H3,(H,32,39)(H,33,38). The largest absolute Gasteiger partial charge is 0.497 e. The lowest BCUT2D eigenvalue weighted by Gasteiger charge is -2.16. The molecule has 4 aromatic rings. The summed E-state index contributed by atoms with van der Waals surface area (Å²) in [6.45, 7) is 5.04. The number of carbonyl (C=O) groups is 2. The fourth-order valence-electron chi connectivity index (χ4n) is 4.83. The smallest absolute Gasteiger partial charge is 0.251 e. The fraction of sp³-hybridized carbons (Fsp3) is 0.290. The Hall–Kier alpha value is -4.20. The second-order valence-corrected chi connectivity index (χ2v) is 13.3. The Bertz CT molecular complexity index is 1750. The summed E-state index contributed by atoms with van der Waals surface area (Å²) in [6.07, 6.45) is 1.70. The number of amides is 2. The number of thioether (sulfide) groups is 1. The number of hydrogen-bond acceptors (Lipinski definition) is 8. The third kappa shape index (κ3) is 7.12. The molecule has 13 heteroatoms. The highest BCUT2D eigenvalue weighted by molar-refractivity contribution is 7.99. The molecule has 3 aromatic carbocycles. The van der Waals surface area contributed by atoms with E-state index < -0.39 is 10.0 Å². The Labute approximate surface area is 261 Å². The molecule has 0 saturated carbocycles. The number of rotatable bonds is 11. The van der Waals surface area contributed by atoms with Crippen molar-refractivity contribution < 1.29 is 22.7 Å². The summed E-state index contributed by atoms with van der Waals surface area (Å²) in [5, 5.41) is 14.9. The number of aryl methyl sites for hydroxylation is 2. The second kappa shape index (κ2) is 13.6. The molecule has 5 rings (SSSR count). The maximum atomic E-state index is 13.0. The first kappa shape index (κ1) is 31.2. The average Bonchev–Trinajstić information content (AvgIpc) is 3.72. The van der Waals surface area contributed by atoms with Gasteiger partial charge in [0, 0.05) is 24.3 Å². The van der Waals surface area contributed by atoms with Crippen molar-refractivity contribution in [3.63, 3.8) is 0 Å². The van der Waals surface area contributed by atoms with E-state index in [2.05, 4.69) is 20.8 Å². The Balaban J connectivity index is 1.30. The second-order valence-electron chi connectivity index (χ2n) is 10.4. The van der Waals surface area contributed by atoms with Crippen molar-refractivity contribution in [2.45, 2.75) is 43.3 Å². The SMILES string of the molecule is COc1ccc(NC(=O)CSc2nnc(CNC(=O)c3ccc(S(=O)(=O)N4CCCC4)cc3)n2-c2cc(C)ccc2C)cc1. The summed E-state index contributed by atoms with van der Waals surface area (Å²) >= 11 is 1.24. The molecule has 0 atom stereocenters. The van der Waals surface area contributed by atoms with Gasteiger partial charge in [0.05, 0.1) is 30.0 Å². The van der Waals surface area contributed by atoms with Gasteiger partial charge in [-0.2, -0.15) is 4.31 Å². The van der Waals surface area contributed by atoms with Gasteiger partial charge in [-0.3, -0.25) is 14.2 Å². The van der Waals surface area contributed by atoms with Gasteiger partial charge in [-0.15, -0.1) is 10.2 Å². The predicted octanol–water partition coefficient (Wildman–Crippen LogP) is 4.34. The van der Waals surface area contributed by atoms with Gasteiger partial charge in [-0.25, -0.2) is 8.42 Å². The van der Waals surface area contributed by atoms with Gasteiger partial charge in [-0.05, 0) is 92.4 Å². The van der Waals surface area contributed by atoms with Crippen molar-refractivity contribution in [2.75, 3.05) is 31.3 Å². The molecule has 2 N–H and O–H groups in total. The fourth-order valence-corrected chi connectivity index (χ4v) is 7.11. The van der Waals surface area contributed by atoms with Gasteiger partial charge < -0.3 is 15.4 Å². The minimum Gasteiger partial charge on any atom is -0.497 e. The monoisotopic (exact) mass is 634 g/mol. The lowest BCUT2D eigenvalue weighted by molar-refractivity contribution is -0.113. The van der Waals surface area contributed by atoms with Gasteiger partial charge in [0.1, 0.15) is 5.75 Å². The molecule has 2 heterocycles. The van der Waals surface area contributed by atoms with Crippen LogP contribution in [0.5, 0.6) is 5.75 Å². The molecular weight excluding hydrogens is 601 g/mol. The van der Waals surface area contributed by atoms with Gasteiger partial charge in [0.25, 0.3) is 5.91 Å². The number of anilines is 1. The number of nitrogens with one attached hydrogen (secondary N) is 2. The first-order chi connectivity index (χ1) is 21.2. The van der Waals surface area contributed by atoms with E-state index in [-0.39, 0.29) is 29.0 Å². The Morgan fingerprint density at radius 3 is 2.34 bits per heavy atom. The predicted molar refractivity (Wildman–Crippen MR) is 169 cm³/mol. The van der Waals surface area contributed by atoms with E-state index in [0.717, 1.165) is 29.7 Å². The summed E-state index contributed by atoms with van der Waals surface area (Å²) in [4.78, 5) is 25.9. The molecular formula is C31H34N6O5S2. The van der Waals surface area contributed by atoms with Crippen molar-refractivity contribution in [2.24, 2.45) is 0 Å². The van der Waals surface area contributed by atoms with E-state index in [4.69, 9.17) is 4.74 Å². The molecule has 0 spiro atoms. The number of carbonyl (C=O) groups excluding carboxylic acids is 2. The molecule has 0 aliphatic carbocycles. The number of aromatic nitrogens is 3. The molecule has 0 unspecified atom stereocenters. The minimum atomic E-state index is -3.57. The van der Waals surface area contributed by atoms with Crippen LogP contribution in [0, 0.1) is 13.8 Å². The first-order valence-electron chi connectivity index (χ1n) is 14.1. The third-order valence-corrected chi connectivity index (χ3v) is 10.1. The lowest BCUT2D eigenvalue weighted by atomic mass is 10.1. The molecule has 230 valence electrons. The van der Waals surface area contributed by atoms with Crippen molar-refractivity contribution >= 4 is 39.3 Å². The molecule has 11 nitrogen and oxygen atoms in total. The van der Waals surface area contributed by atoms with Crippen LogP contribution in [0.2, 0.25) is 0 Å². The highest BCUT2D eigenvalue weighted by Gasteiger charge is 2.27. The average molecular weight is 635 g/mol. The normalized spacial score (nSPS) is 13.5. The maximum Gasteiger partial charge on any atom is 0.251 e. The number of methoxy groups -OCH3 is 1. The zero-order valence-electron chi connectivity index (χ0n) is 24.7. The number of hydrogen-bond donors (Lipinski definition) is 2. The highest BCUT2D eigenvalue weighted by Crippen LogP contribution is 2.26. The van der Waals surface area contributed by atoms with E-state index in [1.165, 1.54) is 40.3 Å². The zero-order chi connectivity index (χ0) is 31.3. The quantitative estimate of drug-likeness (QED) is 0.233. The van der Waals surface area contributed by atoms with Crippen LogP contribution in [0.25, 0.3) is 5.69 Å². The summed E-state index contributed by atoms with van der Waals surface area (Å²) in [5.41, 5.74) is 3.83. The third-order valence-electron chi connectivity index (χ3n) is 7.24. The van der Waals surface area contributed by atoms with Crippen LogP contribution in [0.3, 0.4) is 0 Å². The van der Waals surface area contributed by atoms with Crippen LogP contribution in [0.4, 0.5) is 5.69 Å². The van der Waals surface area contributed by atoms with E-state index in [1.807, 2.05) is 36.6 Å². The Morgan fingerprint density at radius 2 is 1.66 bits per heavy atom. The van der Waals surface area contributed by atoms with Crippen LogP contribution in [-0.4, -0.2) is 65.3 Å². The van der Waals surface area contributed by atoms with Crippen LogP contribution in [0.1, 0.15) is 40.2 Å². The molecule has 1 aliphatic heterocycles. The summed E-state index contributed by atoms with van der Waals surface area (Å²) in [5.74, 6) is 0.688. The van der Waals surface area contributed by atoms with Gasteiger partial charge in [-0.1, -0.05) is 23.9 Å². The Morgan fingerprint density at radius 1 is 0.955 bits per heavy atom. The zero-order valence-corrected chi connectivity index (χ0v) is 26.4. The van der Waals surface area contributed by atoms with Gasteiger partial charge in [0.15, 0.2) is 11.0 Å². The summed E-state index contributed by atoms with van der Waals surface area (Å²) in [6, 6.07) is 19.0. The van der Waals surface area contributed by atoms with E-state index in [9.17, 15) is 18.0 Å². The first-order valence-corrected chi connectivity index (χ1v) is 16.6. The van der Waals surface area contributed by atoms with Crippen molar-refractivity contribution in [1.82, 2.24) is 24.4 Å². The number of sulfonamides is 1. The highest BCUT2D eigenvalue weighted by atomic mass is 32.2. The van der Waals surface area contributed by atoms with Crippen LogP contribution >= 0.6 is 11.8 Å². The molecule has 2 amide bonds. The number of ether oxygens (including phenoxy) is 1. The van der Waals surface area contributed by atoms with E-state index >= 15 is 0 Å². The lowest BCUT2D eigenvalue weighted by Crippen LogP contribution is -2.28. The minimum absolute atomic E-state index is 0.0612. The topological polar surface area (TPSA) is 136 Å². The Kier molecular flexibility index (Phi) is 9.67. The maximum absolute atomic E-state index is 13.0. The molecule has 44 heavy (non-hydrogen) atoms. The molecule has 1 aliphatic rings. The van der Waals surface area contributed by atoms with Crippen molar-refractivity contribution in [1.29, 1.82) is 0 Å². The molecule has 0 radical (unpaired) electrons. The van der Waals surface area contributed by atoms with Crippen LogP contribution < -0.4 is 15.4 Å². The molecule has 1 fully saturated rings. The summed E-state index contributed by atoms with van der Waals surface area (Å²) < 4.78 is 34.2. The van der Waals surface area contributed by atoms with Crippen LogP contribution in [-0.2, 0) is 21.4 Å².